The molecule has 3 aromatic carbocycles. The van der Waals surface area contributed by atoms with Gasteiger partial charge < -0.3 is 9.47 Å². The van der Waals surface area contributed by atoms with Gasteiger partial charge in [-0.05, 0) is 42.5 Å². The summed E-state index contributed by atoms with van der Waals surface area (Å²) >= 11 is 0. The van der Waals surface area contributed by atoms with Crippen LogP contribution in [-0.2, 0) is 14.8 Å². The number of hydrogen-bond acceptors (Lipinski definition) is 6. The Balaban J connectivity index is 1.80. The third-order valence-corrected chi connectivity index (χ3v) is 6.28. The summed E-state index contributed by atoms with van der Waals surface area (Å²) < 4.78 is 37.9. The van der Waals surface area contributed by atoms with Crippen molar-refractivity contribution in [1.29, 1.82) is 0 Å². The second-order valence-corrected chi connectivity index (χ2v) is 8.42. The number of nitrogens with one attached hydrogen (secondary N) is 1. The summed E-state index contributed by atoms with van der Waals surface area (Å²) in [5.41, 5.74) is 3.32. The molecule has 0 bridgehead atoms. The van der Waals surface area contributed by atoms with Gasteiger partial charge in [-0.25, -0.2) is 13.8 Å². The number of benzene rings is 3. The van der Waals surface area contributed by atoms with E-state index >= 15 is 0 Å². The molecule has 0 saturated heterocycles. The number of rotatable bonds is 9. The van der Waals surface area contributed by atoms with E-state index in [0.717, 1.165) is 4.31 Å². The number of anilines is 1. The fraction of sp³-hybridized carbons (Fsp3) is 0.130. The number of nitrogens with zero attached hydrogens (tertiary/aromatic N) is 2. The van der Waals surface area contributed by atoms with Gasteiger partial charge in [0.1, 0.15) is 18.0 Å². The minimum absolute atomic E-state index is 0.0845. The number of carbonyl (C=O) groups is 1. The van der Waals surface area contributed by atoms with Crippen LogP contribution in [0, 0.1) is 0 Å². The molecule has 0 saturated carbocycles. The Labute approximate surface area is 187 Å². The van der Waals surface area contributed by atoms with E-state index in [1.54, 1.807) is 66.7 Å². The lowest BCUT2D eigenvalue weighted by Gasteiger charge is -2.23. The van der Waals surface area contributed by atoms with Crippen LogP contribution in [0.5, 0.6) is 11.5 Å². The molecule has 0 radical (unpaired) electrons. The first-order valence-corrected chi connectivity index (χ1v) is 11.1. The molecule has 166 valence electrons. The lowest BCUT2D eigenvalue weighted by atomic mass is 10.2. The number of amides is 1. The molecule has 0 aromatic heterocycles. The number of sulfonamides is 1. The van der Waals surface area contributed by atoms with Crippen molar-refractivity contribution < 1.29 is 22.7 Å². The molecule has 3 aromatic rings. The molecular formula is C23H23N3O5S. The monoisotopic (exact) mass is 453 g/mol. The number of para-hydroxylation sites is 1. The molecule has 0 aliphatic carbocycles. The van der Waals surface area contributed by atoms with Crippen LogP contribution >= 0.6 is 0 Å². The largest absolute Gasteiger partial charge is 0.497 e. The molecule has 8 nitrogen and oxygen atoms in total. The molecule has 0 atom stereocenters. The zero-order chi connectivity index (χ0) is 23.0. The van der Waals surface area contributed by atoms with Crippen LogP contribution in [0.15, 0.2) is 88.9 Å². The quantitative estimate of drug-likeness (QED) is 0.397. The zero-order valence-corrected chi connectivity index (χ0v) is 18.5. The topological polar surface area (TPSA) is 97.3 Å². The van der Waals surface area contributed by atoms with Gasteiger partial charge in [0.15, 0.2) is 0 Å². The average Bonchev–Trinajstić information content (AvgIpc) is 2.83. The van der Waals surface area contributed by atoms with Crippen LogP contribution in [0.2, 0.25) is 0 Å². The molecule has 0 aliphatic rings. The second kappa shape index (κ2) is 10.5. The first kappa shape index (κ1) is 22.8. The van der Waals surface area contributed by atoms with E-state index in [1.165, 1.54) is 32.6 Å². The number of hydrazone groups is 1. The van der Waals surface area contributed by atoms with Gasteiger partial charge in [-0.1, -0.05) is 36.4 Å². The summed E-state index contributed by atoms with van der Waals surface area (Å²) in [7, 11) is -0.907. The second-order valence-electron chi connectivity index (χ2n) is 6.56. The van der Waals surface area contributed by atoms with Gasteiger partial charge in [-0.15, -0.1) is 0 Å². The summed E-state index contributed by atoms with van der Waals surface area (Å²) in [5, 5.41) is 3.95. The van der Waals surface area contributed by atoms with Gasteiger partial charge in [0.2, 0.25) is 0 Å². The molecule has 0 aliphatic heterocycles. The number of ether oxygens (including phenoxy) is 2. The maximum absolute atomic E-state index is 13.2. The van der Waals surface area contributed by atoms with E-state index < -0.39 is 22.5 Å². The highest BCUT2D eigenvalue weighted by atomic mass is 32.2. The molecule has 0 heterocycles. The Morgan fingerprint density at radius 1 is 0.969 bits per heavy atom. The van der Waals surface area contributed by atoms with Crippen molar-refractivity contribution in [3.05, 3.63) is 84.4 Å². The first-order valence-electron chi connectivity index (χ1n) is 9.62. The molecule has 1 N–H and O–H groups in total. The number of carbonyl (C=O) groups excluding carboxylic acids is 1. The van der Waals surface area contributed by atoms with E-state index in [2.05, 4.69) is 10.5 Å². The van der Waals surface area contributed by atoms with Crippen LogP contribution in [-0.4, -0.2) is 41.3 Å². The van der Waals surface area contributed by atoms with Crippen molar-refractivity contribution in [3.8, 4) is 11.5 Å². The lowest BCUT2D eigenvalue weighted by Crippen LogP contribution is -2.39. The Hall–Kier alpha value is -3.85. The highest BCUT2D eigenvalue weighted by molar-refractivity contribution is 7.92. The van der Waals surface area contributed by atoms with E-state index in [4.69, 9.17) is 9.47 Å². The van der Waals surface area contributed by atoms with Crippen LogP contribution in [0.3, 0.4) is 0 Å². The molecule has 0 unspecified atom stereocenters. The molecule has 0 fully saturated rings. The standard InChI is InChI=1S/C23H23N3O5S/c1-30-20-13-14-22(31-2)18(15-20)16-24-25-23(27)17-26(19-9-5-3-6-10-19)32(28,29)21-11-7-4-8-12-21/h3-16H,17H2,1-2H3,(H,25,27)/b24-16-. The smallest absolute Gasteiger partial charge is 0.264 e. The normalized spacial score (nSPS) is 11.2. The predicted octanol–water partition coefficient (Wildman–Crippen LogP) is 3.05. The van der Waals surface area contributed by atoms with Gasteiger partial charge >= 0.3 is 0 Å². The van der Waals surface area contributed by atoms with E-state index in [0.29, 0.717) is 22.7 Å². The van der Waals surface area contributed by atoms with Crippen molar-refractivity contribution in [1.82, 2.24) is 5.43 Å². The van der Waals surface area contributed by atoms with Gasteiger partial charge in [0.05, 0.1) is 31.0 Å². The maximum atomic E-state index is 13.2. The summed E-state index contributed by atoms with van der Waals surface area (Å²) in [6.07, 6.45) is 1.40. The van der Waals surface area contributed by atoms with Gasteiger partial charge in [0.25, 0.3) is 15.9 Å². The summed E-state index contributed by atoms with van der Waals surface area (Å²) in [6, 6.07) is 21.5. The Bertz CT molecular complexity index is 1180. The Morgan fingerprint density at radius 2 is 1.62 bits per heavy atom. The van der Waals surface area contributed by atoms with E-state index in [9.17, 15) is 13.2 Å². The molecule has 1 amide bonds. The van der Waals surface area contributed by atoms with Gasteiger partial charge in [-0.2, -0.15) is 5.10 Å². The zero-order valence-electron chi connectivity index (χ0n) is 17.6. The van der Waals surface area contributed by atoms with Crippen LogP contribution in [0.4, 0.5) is 5.69 Å². The maximum Gasteiger partial charge on any atom is 0.264 e. The number of hydrogen-bond donors (Lipinski definition) is 1. The van der Waals surface area contributed by atoms with Crippen LogP contribution < -0.4 is 19.2 Å². The molecule has 9 heteroatoms. The average molecular weight is 454 g/mol. The summed E-state index contributed by atoms with van der Waals surface area (Å²) in [5.74, 6) is 0.538. The predicted molar refractivity (Wildman–Crippen MR) is 123 cm³/mol. The van der Waals surface area contributed by atoms with Gasteiger partial charge in [-0.3, -0.25) is 9.10 Å². The summed E-state index contributed by atoms with van der Waals surface area (Å²) in [6.45, 7) is -0.451. The third kappa shape index (κ3) is 5.44. The Kier molecular flexibility index (Phi) is 7.45. The van der Waals surface area contributed by atoms with Crippen molar-refractivity contribution in [3.63, 3.8) is 0 Å². The molecular weight excluding hydrogens is 430 g/mol. The van der Waals surface area contributed by atoms with Crippen LogP contribution in [0.25, 0.3) is 0 Å². The minimum atomic E-state index is -3.96. The SMILES string of the molecule is COc1ccc(OC)c(/C=N\NC(=O)CN(c2ccccc2)S(=O)(=O)c2ccccc2)c1. The van der Waals surface area contributed by atoms with Crippen molar-refractivity contribution in [2.75, 3.05) is 25.1 Å². The third-order valence-electron chi connectivity index (χ3n) is 4.49. The molecule has 0 spiro atoms. The highest BCUT2D eigenvalue weighted by Gasteiger charge is 2.26. The van der Waals surface area contributed by atoms with Gasteiger partial charge in [0, 0.05) is 5.56 Å². The van der Waals surface area contributed by atoms with E-state index in [1.807, 2.05) is 0 Å². The Morgan fingerprint density at radius 3 is 2.25 bits per heavy atom. The van der Waals surface area contributed by atoms with Crippen LogP contribution in [0.1, 0.15) is 5.56 Å². The van der Waals surface area contributed by atoms with Crippen molar-refractivity contribution >= 4 is 27.8 Å². The fourth-order valence-corrected chi connectivity index (χ4v) is 4.35. The first-order chi connectivity index (χ1) is 15.5. The highest BCUT2D eigenvalue weighted by Crippen LogP contribution is 2.24. The lowest BCUT2D eigenvalue weighted by molar-refractivity contribution is -0.119. The summed E-state index contributed by atoms with van der Waals surface area (Å²) in [4.78, 5) is 12.7. The minimum Gasteiger partial charge on any atom is -0.497 e. The van der Waals surface area contributed by atoms with Crippen molar-refractivity contribution in [2.24, 2.45) is 5.10 Å². The fourth-order valence-electron chi connectivity index (χ4n) is 2.91. The number of methoxy groups -OCH3 is 2. The van der Waals surface area contributed by atoms with E-state index in [-0.39, 0.29) is 4.90 Å². The molecule has 3 rings (SSSR count). The van der Waals surface area contributed by atoms with Crippen molar-refractivity contribution in [2.45, 2.75) is 4.90 Å². The molecule has 32 heavy (non-hydrogen) atoms.